The average Bonchev–Trinajstić information content (AvgIpc) is 3.18. The highest BCUT2D eigenvalue weighted by Gasteiger charge is 2.17. The van der Waals surface area contributed by atoms with Gasteiger partial charge in [0, 0.05) is 25.8 Å². The Hall–Kier alpha value is -2.64. The molecule has 2 heterocycles. The van der Waals surface area contributed by atoms with Crippen LogP contribution in [-0.4, -0.2) is 34.4 Å². The largest absolute Gasteiger partial charge is 0.399 e. The predicted octanol–water partition coefficient (Wildman–Crippen LogP) is 4.47. The lowest BCUT2D eigenvalue weighted by Gasteiger charge is -2.15. The third kappa shape index (κ3) is 3.74. The first-order chi connectivity index (χ1) is 12.9. The molecule has 0 unspecified atom stereocenters. The third-order valence-corrected chi connectivity index (χ3v) is 6.30. The lowest BCUT2D eigenvalue weighted by molar-refractivity contribution is 0.0818. The van der Waals surface area contributed by atoms with Gasteiger partial charge >= 0.3 is 0 Å². The molecule has 3 N–H and O–H groups in total. The molecule has 0 aliphatic heterocycles. The average molecular weight is 380 g/mol. The van der Waals surface area contributed by atoms with E-state index in [4.69, 9.17) is 20.6 Å². The van der Waals surface area contributed by atoms with E-state index in [1.165, 1.54) is 0 Å². The molecule has 0 atom stereocenters. The lowest BCUT2D eigenvalue weighted by Crippen LogP contribution is -2.22. The number of aromatic amines is 1. The minimum atomic E-state index is -1.11. The molecule has 0 aliphatic carbocycles. The van der Waals surface area contributed by atoms with Crippen molar-refractivity contribution in [3.63, 3.8) is 0 Å². The van der Waals surface area contributed by atoms with Crippen LogP contribution in [0.5, 0.6) is 0 Å². The van der Waals surface area contributed by atoms with Crippen LogP contribution in [0.4, 0.5) is 5.69 Å². The number of H-pyrrole nitrogens is 1. The minimum absolute atomic E-state index is 0.422. The normalized spacial score (nSPS) is 12.3. The van der Waals surface area contributed by atoms with Crippen molar-refractivity contribution in [2.24, 2.45) is 0 Å². The van der Waals surface area contributed by atoms with E-state index in [9.17, 15) is 0 Å². The van der Waals surface area contributed by atoms with Gasteiger partial charge in [0.25, 0.3) is 0 Å². The molecule has 0 saturated carbocycles. The fourth-order valence-electron chi connectivity index (χ4n) is 3.06. The number of benzene rings is 2. The van der Waals surface area contributed by atoms with Gasteiger partial charge in [-0.15, -0.1) is 0 Å². The molecule has 0 spiro atoms. The molecule has 0 amide bonds. The summed E-state index contributed by atoms with van der Waals surface area (Å²) in [7, 11) is -1.11. The zero-order chi connectivity index (χ0) is 19.0. The van der Waals surface area contributed by atoms with E-state index >= 15 is 0 Å². The van der Waals surface area contributed by atoms with Crippen LogP contribution in [0.15, 0.2) is 42.5 Å². The molecule has 6 nitrogen and oxygen atoms in total. The number of hydrogen-bond donors (Lipinski definition) is 2. The molecule has 2 aromatic carbocycles. The predicted molar refractivity (Wildman–Crippen MR) is 113 cm³/mol. The van der Waals surface area contributed by atoms with Gasteiger partial charge in [0.2, 0.25) is 0 Å². The molecule has 4 rings (SSSR count). The fraction of sp³-hybridized carbons (Fsp3) is 0.300. The fourth-order valence-corrected chi connectivity index (χ4v) is 3.82. The number of aromatic nitrogens is 4. The molecule has 27 heavy (non-hydrogen) atoms. The number of fused-ring (bicyclic) bond motifs is 2. The Morgan fingerprint density at radius 3 is 2.74 bits per heavy atom. The quantitative estimate of drug-likeness (QED) is 0.294. The Balaban J connectivity index is 1.69. The van der Waals surface area contributed by atoms with E-state index in [1.807, 2.05) is 47.1 Å². The minimum Gasteiger partial charge on any atom is -0.399 e. The smallest absolute Gasteiger partial charge is 0.159 e. The standard InChI is InChI=1S/C20H25N5OSi/c1-27(2,3)11-10-26-13-25-18-9-8-14(21)12-15(18)19(24-25)20-22-16-6-4-5-7-17(16)23-20/h4-9,12H,10-11,13,21H2,1-3H3,(H,22,23). The Bertz CT molecular complexity index is 1060. The highest BCUT2D eigenvalue weighted by Crippen LogP contribution is 2.29. The summed E-state index contributed by atoms with van der Waals surface area (Å²) in [6.07, 6.45) is 0. The second kappa shape index (κ2) is 6.83. The topological polar surface area (TPSA) is 81.8 Å². The summed E-state index contributed by atoms with van der Waals surface area (Å²) in [5.74, 6) is 0.743. The van der Waals surface area contributed by atoms with Crippen LogP contribution >= 0.6 is 0 Å². The van der Waals surface area contributed by atoms with Crippen LogP contribution in [0.3, 0.4) is 0 Å². The van der Waals surface area contributed by atoms with Gasteiger partial charge in [-0.25, -0.2) is 9.67 Å². The van der Waals surface area contributed by atoms with Gasteiger partial charge in [0.15, 0.2) is 5.82 Å². The molecule has 0 aliphatic rings. The van der Waals surface area contributed by atoms with Gasteiger partial charge in [-0.3, -0.25) is 0 Å². The Morgan fingerprint density at radius 1 is 1.15 bits per heavy atom. The van der Waals surface area contributed by atoms with E-state index < -0.39 is 8.07 Å². The third-order valence-electron chi connectivity index (χ3n) is 4.60. The van der Waals surface area contributed by atoms with Gasteiger partial charge in [-0.2, -0.15) is 5.10 Å². The number of hydrogen-bond acceptors (Lipinski definition) is 4. The summed E-state index contributed by atoms with van der Waals surface area (Å²) in [4.78, 5) is 8.06. The molecule has 2 aromatic heterocycles. The molecule has 0 saturated heterocycles. The molecule has 4 aromatic rings. The summed E-state index contributed by atoms with van der Waals surface area (Å²) in [5, 5.41) is 5.76. The highest BCUT2D eigenvalue weighted by atomic mass is 28.3. The van der Waals surface area contributed by atoms with Crippen molar-refractivity contribution in [2.75, 3.05) is 12.3 Å². The second-order valence-corrected chi connectivity index (χ2v) is 13.7. The number of ether oxygens (including phenoxy) is 1. The second-order valence-electron chi connectivity index (χ2n) is 8.08. The van der Waals surface area contributed by atoms with Gasteiger partial charge in [-0.1, -0.05) is 31.8 Å². The molecule has 0 bridgehead atoms. The number of anilines is 1. The summed E-state index contributed by atoms with van der Waals surface area (Å²) in [5.41, 5.74) is 10.4. The molecule has 140 valence electrons. The number of nitrogens with one attached hydrogen (secondary N) is 1. The van der Waals surface area contributed by atoms with Crippen LogP contribution in [0.2, 0.25) is 25.7 Å². The maximum Gasteiger partial charge on any atom is 0.159 e. The number of nitrogens with zero attached hydrogens (tertiary/aromatic N) is 3. The zero-order valence-corrected chi connectivity index (χ0v) is 17.0. The molecule has 0 fully saturated rings. The first-order valence-corrected chi connectivity index (χ1v) is 12.9. The van der Waals surface area contributed by atoms with Crippen molar-refractivity contribution in [3.05, 3.63) is 42.5 Å². The van der Waals surface area contributed by atoms with Crippen molar-refractivity contribution in [1.82, 2.24) is 19.7 Å². The van der Waals surface area contributed by atoms with Crippen molar-refractivity contribution in [3.8, 4) is 11.5 Å². The van der Waals surface area contributed by atoms with E-state index in [1.54, 1.807) is 0 Å². The Morgan fingerprint density at radius 2 is 1.96 bits per heavy atom. The SMILES string of the molecule is C[Si](C)(C)CCOCn1nc(-c2nc3ccccc3[nH]2)c2cc(N)ccc21. The van der Waals surface area contributed by atoms with Crippen LogP contribution in [-0.2, 0) is 11.5 Å². The van der Waals surface area contributed by atoms with Crippen molar-refractivity contribution >= 4 is 35.7 Å². The lowest BCUT2D eigenvalue weighted by atomic mass is 10.2. The van der Waals surface area contributed by atoms with Crippen LogP contribution < -0.4 is 5.73 Å². The Kier molecular flexibility index (Phi) is 4.49. The molecule has 7 heteroatoms. The zero-order valence-electron chi connectivity index (χ0n) is 16.0. The number of nitrogen functional groups attached to an aromatic ring is 1. The van der Waals surface area contributed by atoms with Gasteiger partial charge in [-0.05, 0) is 36.4 Å². The Labute approximate surface area is 159 Å². The van der Waals surface area contributed by atoms with Crippen LogP contribution in [0.1, 0.15) is 0 Å². The number of imidazole rings is 1. The number of nitrogens with two attached hydrogens (primary N) is 1. The van der Waals surface area contributed by atoms with Crippen molar-refractivity contribution in [2.45, 2.75) is 32.4 Å². The number of rotatable bonds is 6. The van der Waals surface area contributed by atoms with E-state index in [0.717, 1.165) is 46.1 Å². The van der Waals surface area contributed by atoms with Crippen molar-refractivity contribution < 1.29 is 4.74 Å². The summed E-state index contributed by atoms with van der Waals surface area (Å²) in [6, 6.07) is 14.9. The number of para-hydroxylation sites is 2. The monoisotopic (exact) mass is 379 g/mol. The van der Waals surface area contributed by atoms with E-state index in [2.05, 4.69) is 24.6 Å². The van der Waals surface area contributed by atoms with Crippen molar-refractivity contribution in [1.29, 1.82) is 0 Å². The van der Waals surface area contributed by atoms with Gasteiger partial charge in [0.05, 0.1) is 16.6 Å². The van der Waals surface area contributed by atoms with Gasteiger partial charge < -0.3 is 15.5 Å². The van der Waals surface area contributed by atoms with E-state index in [-0.39, 0.29) is 0 Å². The van der Waals surface area contributed by atoms with Crippen LogP contribution in [0.25, 0.3) is 33.5 Å². The molecule has 0 radical (unpaired) electrons. The summed E-state index contributed by atoms with van der Waals surface area (Å²) < 4.78 is 7.81. The van der Waals surface area contributed by atoms with E-state index in [0.29, 0.717) is 12.4 Å². The maximum absolute atomic E-state index is 6.03. The first-order valence-electron chi connectivity index (χ1n) is 9.20. The summed E-state index contributed by atoms with van der Waals surface area (Å²) in [6.45, 7) is 8.23. The first kappa shape index (κ1) is 17.8. The molecular formula is C20H25N5OSi. The summed E-state index contributed by atoms with van der Waals surface area (Å²) >= 11 is 0. The molecular weight excluding hydrogens is 354 g/mol. The van der Waals surface area contributed by atoms with Gasteiger partial charge in [0.1, 0.15) is 12.4 Å². The van der Waals surface area contributed by atoms with Crippen LogP contribution in [0, 0.1) is 0 Å². The highest BCUT2D eigenvalue weighted by molar-refractivity contribution is 6.76. The maximum atomic E-state index is 6.03.